The van der Waals surface area contributed by atoms with E-state index in [1.807, 2.05) is 0 Å². The van der Waals surface area contributed by atoms with Crippen LogP contribution in [0.2, 0.25) is 0 Å². The van der Waals surface area contributed by atoms with Crippen molar-refractivity contribution in [2.45, 2.75) is 31.3 Å². The third-order valence-corrected chi connectivity index (χ3v) is 6.29. The quantitative estimate of drug-likeness (QED) is 0.368. The van der Waals surface area contributed by atoms with E-state index in [0.717, 1.165) is 0 Å². The third-order valence-electron chi connectivity index (χ3n) is 6.29. The number of nitrogens with zero attached hydrogens (tertiary/aromatic N) is 1. The van der Waals surface area contributed by atoms with Crippen LogP contribution in [0.5, 0.6) is 34.5 Å². The van der Waals surface area contributed by atoms with Crippen LogP contribution in [0.3, 0.4) is 0 Å². The SMILES string of the molecule is COc1ccc(O[C@H]2[C@H](C)OC(=O)[C@@H](NC(=O)c3nccc(OC)c3O)COC[C@@H]2Oc2ccc(OC)cc2)cc1. The van der Waals surface area contributed by atoms with Crippen LogP contribution in [-0.2, 0) is 14.3 Å². The van der Waals surface area contributed by atoms with Gasteiger partial charge in [0, 0.05) is 12.3 Å². The molecule has 12 heteroatoms. The van der Waals surface area contributed by atoms with Crippen molar-refractivity contribution in [1.29, 1.82) is 0 Å². The Morgan fingerprint density at radius 3 is 2.05 bits per heavy atom. The van der Waals surface area contributed by atoms with Crippen LogP contribution in [0.25, 0.3) is 0 Å². The average molecular weight is 569 g/mol. The predicted molar refractivity (Wildman–Crippen MR) is 145 cm³/mol. The van der Waals surface area contributed by atoms with E-state index >= 15 is 0 Å². The molecule has 1 saturated heterocycles. The molecule has 0 radical (unpaired) electrons. The summed E-state index contributed by atoms with van der Waals surface area (Å²) in [7, 11) is 4.47. The minimum absolute atomic E-state index is 0.0111. The number of nitrogens with one attached hydrogen (secondary N) is 1. The Kier molecular flexibility index (Phi) is 9.69. The Morgan fingerprint density at radius 2 is 1.46 bits per heavy atom. The van der Waals surface area contributed by atoms with E-state index in [0.29, 0.717) is 23.0 Å². The van der Waals surface area contributed by atoms with Gasteiger partial charge in [-0.3, -0.25) is 4.79 Å². The number of carbonyl (C=O) groups is 2. The van der Waals surface area contributed by atoms with Crippen molar-refractivity contribution in [3.63, 3.8) is 0 Å². The van der Waals surface area contributed by atoms with Crippen LogP contribution < -0.4 is 29.0 Å². The lowest BCUT2D eigenvalue weighted by Crippen LogP contribution is -2.48. The van der Waals surface area contributed by atoms with Gasteiger partial charge in [0.1, 0.15) is 29.1 Å². The maximum Gasteiger partial charge on any atom is 0.331 e. The first-order valence-electron chi connectivity index (χ1n) is 12.8. The highest BCUT2D eigenvalue weighted by Crippen LogP contribution is 2.28. The molecule has 218 valence electrons. The molecule has 0 saturated carbocycles. The zero-order chi connectivity index (χ0) is 29.4. The molecule has 0 aliphatic carbocycles. The van der Waals surface area contributed by atoms with Gasteiger partial charge in [0.05, 0.1) is 34.5 Å². The van der Waals surface area contributed by atoms with Gasteiger partial charge in [0.15, 0.2) is 35.4 Å². The normalized spacial score (nSPS) is 20.8. The summed E-state index contributed by atoms with van der Waals surface area (Å²) in [4.78, 5) is 30.0. The van der Waals surface area contributed by atoms with Crippen LogP contribution >= 0.6 is 0 Å². The number of carbonyl (C=O) groups excluding carboxylic acids is 2. The molecule has 1 aromatic heterocycles. The maximum atomic E-state index is 13.2. The van der Waals surface area contributed by atoms with E-state index in [1.54, 1.807) is 69.7 Å². The number of esters is 1. The lowest BCUT2D eigenvalue weighted by Gasteiger charge is -2.31. The van der Waals surface area contributed by atoms with Gasteiger partial charge in [-0.25, -0.2) is 9.78 Å². The number of cyclic esters (lactones) is 1. The molecule has 2 aromatic carbocycles. The van der Waals surface area contributed by atoms with Gasteiger partial charge in [-0.15, -0.1) is 0 Å². The van der Waals surface area contributed by atoms with E-state index < -0.39 is 42.0 Å². The van der Waals surface area contributed by atoms with Crippen molar-refractivity contribution in [3.8, 4) is 34.5 Å². The van der Waals surface area contributed by atoms with E-state index in [9.17, 15) is 14.7 Å². The van der Waals surface area contributed by atoms with Gasteiger partial charge in [0.2, 0.25) is 0 Å². The molecule has 1 aliphatic heterocycles. The molecular weight excluding hydrogens is 536 g/mol. The number of amides is 1. The second-order valence-corrected chi connectivity index (χ2v) is 9.01. The van der Waals surface area contributed by atoms with Gasteiger partial charge < -0.3 is 43.6 Å². The topological polar surface area (TPSA) is 144 Å². The highest BCUT2D eigenvalue weighted by molar-refractivity contribution is 5.98. The summed E-state index contributed by atoms with van der Waals surface area (Å²) >= 11 is 0. The number of pyridine rings is 1. The molecule has 2 heterocycles. The number of hydrogen-bond donors (Lipinski definition) is 2. The molecule has 1 aliphatic rings. The minimum atomic E-state index is -1.21. The summed E-state index contributed by atoms with van der Waals surface area (Å²) in [6.45, 7) is 1.42. The Bertz CT molecular complexity index is 1320. The maximum absolute atomic E-state index is 13.2. The smallest absolute Gasteiger partial charge is 0.331 e. The summed E-state index contributed by atoms with van der Waals surface area (Å²) in [5.74, 6) is 0.346. The van der Waals surface area contributed by atoms with Crippen molar-refractivity contribution in [2.75, 3.05) is 34.5 Å². The first-order valence-corrected chi connectivity index (χ1v) is 12.8. The van der Waals surface area contributed by atoms with Crippen LogP contribution in [-0.4, -0.2) is 80.9 Å². The zero-order valence-corrected chi connectivity index (χ0v) is 23.1. The standard InChI is InChI=1S/C29H32N2O10/c1-17-27(41-21-11-7-19(36-3)8-12-21)24(40-20-9-5-18(35-2)6-10-20)16-38-15-22(29(34)39-17)31-28(33)25-26(32)23(37-4)13-14-30-25/h5-14,17,22,24,27,32H,15-16H2,1-4H3,(H,31,33)/t17-,22-,24-,27-/m0/s1. The third kappa shape index (κ3) is 7.28. The lowest BCUT2D eigenvalue weighted by molar-refractivity contribution is -0.156. The van der Waals surface area contributed by atoms with E-state index in [-0.39, 0.29) is 24.7 Å². The van der Waals surface area contributed by atoms with Gasteiger partial charge in [0.25, 0.3) is 5.91 Å². The van der Waals surface area contributed by atoms with Crippen LogP contribution in [0.1, 0.15) is 17.4 Å². The fourth-order valence-electron chi connectivity index (χ4n) is 4.11. The molecule has 12 nitrogen and oxygen atoms in total. The second kappa shape index (κ2) is 13.6. The summed E-state index contributed by atoms with van der Waals surface area (Å²) in [6.07, 6.45) is -1.08. The minimum Gasteiger partial charge on any atom is -0.503 e. The molecule has 1 amide bonds. The fraction of sp³-hybridized carbons (Fsp3) is 0.345. The number of aromatic nitrogens is 1. The largest absolute Gasteiger partial charge is 0.503 e. The highest BCUT2D eigenvalue weighted by atomic mass is 16.6. The Hall–Kier alpha value is -4.71. The lowest BCUT2D eigenvalue weighted by atomic mass is 10.1. The van der Waals surface area contributed by atoms with Crippen molar-refractivity contribution in [1.82, 2.24) is 10.3 Å². The van der Waals surface area contributed by atoms with Gasteiger partial charge in [-0.05, 0) is 55.5 Å². The zero-order valence-electron chi connectivity index (χ0n) is 23.1. The second-order valence-electron chi connectivity index (χ2n) is 9.01. The van der Waals surface area contributed by atoms with Crippen LogP contribution in [0.4, 0.5) is 0 Å². The number of hydrogen-bond acceptors (Lipinski definition) is 11. The number of methoxy groups -OCH3 is 3. The summed E-state index contributed by atoms with van der Waals surface area (Å²) < 4.78 is 39.6. The first-order chi connectivity index (χ1) is 19.8. The molecule has 4 atom stereocenters. The summed E-state index contributed by atoms with van der Waals surface area (Å²) in [5.41, 5.74) is -0.313. The number of rotatable bonds is 9. The Balaban J connectivity index is 1.56. The first kappa shape index (κ1) is 29.3. The molecule has 0 spiro atoms. The van der Waals surface area contributed by atoms with Crippen LogP contribution in [0.15, 0.2) is 60.8 Å². The fourth-order valence-corrected chi connectivity index (χ4v) is 4.11. The van der Waals surface area contributed by atoms with Crippen molar-refractivity contribution in [2.24, 2.45) is 0 Å². The molecule has 3 aromatic rings. The summed E-state index contributed by atoms with van der Waals surface area (Å²) in [5, 5.41) is 12.8. The molecule has 1 fully saturated rings. The van der Waals surface area contributed by atoms with Gasteiger partial charge >= 0.3 is 5.97 Å². The monoisotopic (exact) mass is 568 g/mol. The Labute approximate surface area is 237 Å². The van der Waals surface area contributed by atoms with Crippen molar-refractivity contribution >= 4 is 11.9 Å². The molecular formula is C29H32N2O10. The Morgan fingerprint density at radius 1 is 0.878 bits per heavy atom. The molecule has 41 heavy (non-hydrogen) atoms. The average Bonchev–Trinajstić information content (AvgIpc) is 3.03. The number of aromatic hydroxyl groups is 1. The van der Waals surface area contributed by atoms with E-state index in [1.165, 1.54) is 19.4 Å². The van der Waals surface area contributed by atoms with Gasteiger partial charge in [-0.2, -0.15) is 0 Å². The predicted octanol–water partition coefficient (Wildman–Crippen LogP) is 2.77. The van der Waals surface area contributed by atoms with Crippen LogP contribution in [0, 0.1) is 0 Å². The molecule has 0 bridgehead atoms. The number of benzene rings is 2. The highest BCUT2D eigenvalue weighted by Gasteiger charge is 2.38. The molecule has 0 unspecified atom stereocenters. The van der Waals surface area contributed by atoms with Gasteiger partial charge in [-0.1, -0.05) is 0 Å². The van der Waals surface area contributed by atoms with Crippen molar-refractivity contribution < 1.29 is 47.9 Å². The molecule has 2 N–H and O–H groups in total. The number of ether oxygens (including phenoxy) is 7. The van der Waals surface area contributed by atoms with E-state index in [4.69, 9.17) is 33.2 Å². The summed E-state index contributed by atoms with van der Waals surface area (Å²) in [6, 6.07) is 14.1. The van der Waals surface area contributed by atoms with E-state index in [2.05, 4.69) is 10.3 Å². The van der Waals surface area contributed by atoms with Crippen molar-refractivity contribution in [3.05, 3.63) is 66.5 Å². The molecule has 4 rings (SSSR count).